The largest absolute Gasteiger partial charge is 0.392 e. The molecule has 0 radical (unpaired) electrons. The molecule has 7 nitrogen and oxygen atoms in total. The van der Waals surface area contributed by atoms with Gasteiger partial charge in [-0.2, -0.15) is 0 Å². The molecule has 4 rings (SSSR count). The summed E-state index contributed by atoms with van der Waals surface area (Å²) in [5.41, 5.74) is 0.910. The summed E-state index contributed by atoms with van der Waals surface area (Å²) in [4.78, 5) is 36.1. The molecule has 1 saturated carbocycles. The minimum atomic E-state index is -0.538. The van der Waals surface area contributed by atoms with Gasteiger partial charge in [0, 0.05) is 49.3 Å². The van der Waals surface area contributed by atoms with E-state index in [1.807, 2.05) is 11.8 Å². The number of amides is 2. The molecule has 0 bridgehead atoms. The number of hydrogen-bond donors (Lipinski definition) is 2. The molecule has 2 amide bonds. The molecular weight excluding hydrogens is 460 g/mol. The van der Waals surface area contributed by atoms with Gasteiger partial charge in [0.2, 0.25) is 11.8 Å². The molecule has 2 fully saturated rings. The van der Waals surface area contributed by atoms with Crippen molar-refractivity contribution >= 4 is 28.3 Å². The maximum Gasteiger partial charge on any atom is 0.226 e. The third-order valence-electron chi connectivity index (χ3n) is 8.71. The van der Waals surface area contributed by atoms with E-state index in [1.165, 1.54) is 4.88 Å². The van der Waals surface area contributed by atoms with Crippen molar-refractivity contribution in [2.24, 2.45) is 28.6 Å². The predicted molar refractivity (Wildman–Crippen MR) is 141 cm³/mol. The van der Waals surface area contributed by atoms with Crippen LogP contribution in [0.4, 0.5) is 5.13 Å². The number of fused-ring (bicyclic) bond motifs is 2. The quantitative estimate of drug-likeness (QED) is 0.648. The van der Waals surface area contributed by atoms with E-state index in [-0.39, 0.29) is 46.3 Å². The second-order valence-corrected chi connectivity index (χ2v) is 14.0. The van der Waals surface area contributed by atoms with Crippen LogP contribution in [0.25, 0.3) is 0 Å². The number of thiazole rings is 1. The minimum Gasteiger partial charge on any atom is -0.392 e. The van der Waals surface area contributed by atoms with E-state index in [0.29, 0.717) is 11.6 Å². The van der Waals surface area contributed by atoms with Gasteiger partial charge < -0.3 is 20.2 Å². The third-order valence-corrected chi connectivity index (χ3v) is 9.69. The molecule has 196 valence electrons. The van der Waals surface area contributed by atoms with Gasteiger partial charge in [-0.05, 0) is 49.0 Å². The lowest BCUT2D eigenvalue weighted by atomic mass is 9.53. The van der Waals surface area contributed by atoms with Gasteiger partial charge in [-0.3, -0.25) is 9.59 Å². The topological polar surface area (TPSA) is 85.8 Å². The van der Waals surface area contributed by atoms with Crippen LogP contribution in [0, 0.1) is 28.6 Å². The van der Waals surface area contributed by atoms with E-state index in [2.05, 4.69) is 51.9 Å². The molecule has 2 aliphatic carbocycles. The number of aliphatic hydroxyl groups is 1. The molecule has 0 unspecified atom stereocenters. The van der Waals surface area contributed by atoms with Crippen LogP contribution in [0.3, 0.4) is 0 Å². The van der Waals surface area contributed by atoms with E-state index >= 15 is 0 Å². The number of anilines is 1. The third kappa shape index (κ3) is 5.44. The standard InChI is InChI=1S/C27H44N4O3S/c1-16(24(34)31-12-10-30(7)11-13-31)18-8-9-27(6)14-19-22(17(2)21(27)23(18)33)29-25(35-19)28-20(32)15-26(3,4)5/h16-18,21,23,33H,8-15H2,1-7H3,(H,28,29,32)/t16-,17-,18+,21+,23-,27+/m0/s1. The first-order valence-electron chi connectivity index (χ1n) is 13.2. The van der Waals surface area contributed by atoms with Gasteiger partial charge in [-0.25, -0.2) is 4.98 Å². The van der Waals surface area contributed by atoms with Crippen LogP contribution in [0.1, 0.15) is 77.3 Å². The number of hydrogen-bond acceptors (Lipinski definition) is 6. The smallest absolute Gasteiger partial charge is 0.226 e. The van der Waals surface area contributed by atoms with Crippen molar-refractivity contribution in [1.82, 2.24) is 14.8 Å². The molecule has 0 aromatic carbocycles. The molecule has 1 aromatic rings. The average molecular weight is 505 g/mol. The zero-order valence-electron chi connectivity index (χ0n) is 22.6. The highest BCUT2D eigenvalue weighted by molar-refractivity contribution is 7.15. The summed E-state index contributed by atoms with van der Waals surface area (Å²) in [6, 6.07) is 0. The molecule has 3 aliphatic rings. The van der Waals surface area contributed by atoms with Crippen LogP contribution in [0.15, 0.2) is 0 Å². The summed E-state index contributed by atoms with van der Waals surface area (Å²) in [6.07, 6.45) is 2.64. The number of rotatable bonds is 4. The van der Waals surface area contributed by atoms with Crippen molar-refractivity contribution in [3.05, 3.63) is 10.6 Å². The Hall–Kier alpha value is -1.51. The molecule has 0 spiro atoms. The van der Waals surface area contributed by atoms with Crippen molar-refractivity contribution in [1.29, 1.82) is 0 Å². The molecular formula is C27H44N4O3S. The SMILES string of the molecule is C[C@H](C(=O)N1CCN(C)CC1)[C@H]1CC[C@]2(C)Cc3sc(NC(=O)CC(C)(C)C)nc3[C@@H](C)[C@@H]2[C@H]1O. The molecule has 6 atom stereocenters. The first-order chi connectivity index (χ1) is 16.3. The summed E-state index contributed by atoms with van der Waals surface area (Å²) in [5.74, 6) is 0.0976. The highest BCUT2D eigenvalue weighted by Crippen LogP contribution is 2.57. The second kappa shape index (κ2) is 9.75. The van der Waals surface area contributed by atoms with Gasteiger partial charge in [-0.1, -0.05) is 41.5 Å². The highest BCUT2D eigenvalue weighted by Gasteiger charge is 2.54. The van der Waals surface area contributed by atoms with Crippen molar-refractivity contribution in [2.45, 2.75) is 79.2 Å². The molecule has 2 heterocycles. The van der Waals surface area contributed by atoms with Crippen molar-refractivity contribution in [2.75, 3.05) is 38.5 Å². The number of carbonyl (C=O) groups is 2. The first-order valence-corrected chi connectivity index (χ1v) is 14.1. The van der Waals surface area contributed by atoms with E-state index < -0.39 is 6.10 Å². The molecule has 8 heteroatoms. The van der Waals surface area contributed by atoms with Crippen LogP contribution < -0.4 is 5.32 Å². The maximum absolute atomic E-state index is 13.3. The predicted octanol–water partition coefficient (Wildman–Crippen LogP) is 3.98. The number of nitrogens with zero attached hydrogens (tertiary/aromatic N) is 3. The molecule has 2 N–H and O–H groups in total. The summed E-state index contributed by atoms with van der Waals surface area (Å²) >= 11 is 1.59. The fourth-order valence-electron chi connectivity index (χ4n) is 6.74. The zero-order chi connectivity index (χ0) is 25.7. The van der Waals surface area contributed by atoms with Gasteiger partial charge in [0.15, 0.2) is 5.13 Å². The Morgan fingerprint density at radius 1 is 1.26 bits per heavy atom. The summed E-state index contributed by atoms with van der Waals surface area (Å²) < 4.78 is 0. The van der Waals surface area contributed by atoms with Crippen molar-refractivity contribution in [3.8, 4) is 0 Å². The minimum absolute atomic E-state index is 0.00350. The van der Waals surface area contributed by atoms with E-state index in [1.54, 1.807) is 11.3 Å². The highest BCUT2D eigenvalue weighted by atomic mass is 32.1. The Morgan fingerprint density at radius 2 is 1.91 bits per heavy atom. The van der Waals surface area contributed by atoms with Gasteiger partial charge in [-0.15, -0.1) is 11.3 Å². The zero-order valence-corrected chi connectivity index (χ0v) is 23.4. The van der Waals surface area contributed by atoms with Gasteiger partial charge in [0.05, 0.1) is 11.8 Å². The Labute approximate surface area is 214 Å². The van der Waals surface area contributed by atoms with Crippen LogP contribution in [-0.2, 0) is 16.0 Å². The molecule has 1 aliphatic heterocycles. The molecule has 1 saturated heterocycles. The lowest BCUT2D eigenvalue weighted by Crippen LogP contribution is -2.55. The van der Waals surface area contributed by atoms with Crippen LogP contribution >= 0.6 is 11.3 Å². The summed E-state index contributed by atoms with van der Waals surface area (Å²) in [6.45, 7) is 16.0. The van der Waals surface area contributed by atoms with E-state index in [9.17, 15) is 14.7 Å². The summed E-state index contributed by atoms with van der Waals surface area (Å²) in [7, 11) is 2.09. The van der Waals surface area contributed by atoms with Gasteiger partial charge >= 0.3 is 0 Å². The van der Waals surface area contributed by atoms with E-state index in [0.717, 1.165) is 51.1 Å². The number of aromatic nitrogens is 1. The van der Waals surface area contributed by atoms with Crippen LogP contribution in [0.5, 0.6) is 0 Å². The molecule has 1 aromatic heterocycles. The number of nitrogens with one attached hydrogen (secondary N) is 1. The average Bonchev–Trinajstić information content (AvgIpc) is 3.13. The Kier molecular flexibility index (Phi) is 7.39. The Morgan fingerprint density at radius 3 is 2.54 bits per heavy atom. The van der Waals surface area contributed by atoms with Crippen LogP contribution in [-0.4, -0.2) is 71.0 Å². The lowest BCUT2D eigenvalue weighted by Gasteiger charge is -2.53. The monoisotopic (exact) mass is 504 g/mol. The Balaban J connectivity index is 1.49. The van der Waals surface area contributed by atoms with Crippen LogP contribution in [0.2, 0.25) is 0 Å². The Bertz CT molecular complexity index is 949. The fraction of sp³-hybridized carbons (Fsp3) is 0.815. The van der Waals surface area contributed by atoms with Gasteiger partial charge in [0.1, 0.15) is 0 Å². The number of likely N-dealkylation sites (N-methyl/N-ethyl adjacent to an activating group) is 1. The second-order valence-electron chi connectivity index (χ2n) is 12.9. The van der Waals surface area contributed by atoms with Gasteiger partial charge in [0.25, 0.3) is 0 Å². The first kappa shape index (κ1) is 26.6. The fourth-order valence-corrected chi connectivity index (χ4v) is 8.02. The number of piperazine rings is 1. The normalized spacial score (nSPS) is 32.5. The van der Waals surface area contributed by atoms with E-state index in [4.69, 9.17) is 4.98 Å². The lowest BCUT2D eigenvalue weighted by molar-refractivity contribution is -0.146. The summed E-state index contributed by atoms with van der Waals surface area (Å²) in [5, 5.41) is 15.4. The molecule has 35 heavy (non-hydrogen) atoms. The van der Waals surface area contributed by atoms with Crippen molar-refractivity contribution in [3.63, 3.8) is 0 Å². The number of carbonyl (C=O) groups excluding carboxylic acids is 2. The van der Waals surface area contributed by atoms with Crippen molar-refractivity contribution < 1.29 is 14.7 Å². The maximum atomic E-state index is 13.3. The number of aliphatic hydroxyl groups excluding tert-OH is 1.